The first-order chi connectivity index (χ1) is 21.7. The number of nitrogens with zero attached hydrogens (tertiary/aromatic N) is 5. The van der Waals surface area contributed by atoms with Crippen LogP contribution in [0.3, 0.4) is 0 Å². The van der Waals surface area contributed by atoms with Gasteiger partial charge in [-0.25, -0.2) is 19.1 Å². The molecule has 0 saturated heterocycles. The van der Waals surface area contributed by atoms with Crippen molar-refractivity contribution in [1.82, 2.24) is 20.2 Å². The number of nitrogens with two attached hydrogens (primary N) is 2. The maximum absolute atomic E-state index is 14.9. The molecule has 0 radical (unpaired) electrons. The standard InChI is InChI=1S/C34H34F2N8O/c1-19-7-14-25-26(15-19)31(29-27(35)5-4-6-28(29)36)38-17-21-18-39-34(42-30(21)25)41-23-11-9-22(10-12-23)40-33(37)43-32(45)20-8-13-24(16-20)44(2)3/h4-7,9-12,14-15,18,20,24H,8,13,16-17H2,1-3H3,(H,39,41,42)(H3,37,40,43,45)/p+1. The molecular weight excluding hydrogens is 574 g/mol. The molecule has 0 spiro atoms. The number of halogens is 2. The summed E-state index contributed by atoms with van der Waals surface area (Å²) in [5.41, 5.74) is 11.3. The minimum absolute atomic E-state index is 0.0601. The first-order valence-corrected chi connectivity index (χ1v) is 14.9. The summed E-state index contributed by atoms with van der Waals surface area (Å²) in [7, 11) is 4.06. The molecule has 2 atom stereocenters. The normalized spacial score (nSPS) is 17.8. The fourth-order valence-corrected chi connectivity index (χ4v) is 5.94. The Morgan fingerprint density at radius 3 is 2.51 bits per heavy atom. The molecule has 1 amide bonds. The molecule has 2 unspecified atom stereocenters. The summed E-state index contributed by atoms with van der Waals surface area (Å²) < 4.78 is 29.7. The minimum atomic E-state index is -0.670. The van der Waals surface area contributed by atoms with E-state index in [1.165, 1.54) is 18.2 Å². The van der Waals surface area contributed by atoms with Crippen LogP contribution >= 0.6 is 0 Å². The number of amides is 1. The summed E-state index contributed by atoms with van der Waals surface area (Å²) in [5, 5.41) is 4.57. The van der Waals surface area contributed by atoms with E-state index in [1.54, 1.807) is 18.3 Å². The van der Waals surface area contributed by atoms with Gasteiger partial charge in [0.25, 0.3) is 0 Å². The number of rotatable bonds is 6. The topological polar surface area (TPSA) is 125 Å². The van der Waals surface area contributed by atoms with Crippen LogP contribution < -0.4 is 16.4 Å². The van der Waals surface area contributed by atoms with Crippen LogP contribution in [0.25, 0.3) is 11.3 Å². The molecule has 4 aromatic rings. The lowest BCUT2D eigenvalue weighted by atomic mass is 9.93. The number of quaternary nitrogens is 1. The van der Waals surface area contributed by atoms with E-state index >= 15 is 0 Å². The summed E-state index contributed by atoms with van der Waals surface area (Å²) in [5.74, 6) is -0.980. The van der Waals surface area contributed by atoms with Gasteiger partial charge in [-0.3, -0.25) is 15.1 Å². The van der Waals surface area contributed by atoms with Crippen molar-refractivity contribution >= 4 is 34.9 Å². The Kier molecular flexibility index (Phi) is 8.46. The minimum Gasteiger partial charge on any atom is -0.369 e. The Balaban J connectivity index is 1.19. The summed E-state index contributed by atoms with van der Waals surface area (Å²) in [6.45, 7) is 2.10. The van der Waals surface area contributed by atoms with Crippen LogP contribution in [0, 0.1) is 24.5 Å². The lowest BCUT2D eigenvalue weighted by Gasteiger charge is -2.18. The summed E-state index contributed by atoms with van der Waals surface area (Å²) in [4.78, 5) is 33.2. The van der Waals surface area contributed by atoms with Gasteiger partial charge in [-0.15, -0.1) is 0 Å². The van der Waals surface area contributed by atoms with Crippen molar-refractivity contribution < 1.29 is 18.9 Å². The Morgan fingerprint density at radius 2 is 1.80 bits per heavy atom. The zero-order valence-electron chi connectivity index (χ0n) is 25.4. The molecule has 11 heteroatoms. The fourth-order valence-electron chi connectivity index (χ4n) is 5.94. The Hall–Kier alpha value is -4.87. The van der Waals surface area contributed by atoms with Gasteiger partial charge >= 0.3 is 5.95 Å². The highest BCUT2D eigenvalue weighted by molar-refractivity contribution is 6.17. The number of guanidine groups is 1. The molecule has 5 N–H and O–H groups in total. The molecule has 1 aromatic heterocycles. The SMILES string of the molecule is Cc1ccc2c(c1)C(c1c(F)cccc1F)=NCc1cnc([NH2+]c3ccc(N=C(N)NC(=O)C4CCC(N(C)C)C4)cc3)nc1-2. The Morgan fingerprint density at radius 1 is 1.04 bits per heavy atom. The van der Waals surface area contributed by atoms with E-state index in [0.717, 1.165) is 41.6 Å². The number of carbonyl (C=O) groups excluding carboxylic acids is 1. The molecule has 3 aromatic carbocycles. The van der Waals surface area contributed by atoms with Crippen LogP contribution in [-0.4, -0.2) is 52.6 Å². The van der Waals surface area contributed by atoms with Crippen molar-refractivity contribution in [2.45, 2.75) is 38.8 Å². The van der Waals surface area contributed by atoms with Crippen LogP contribution in [0.1, 0.15) is 41.5 Å². The highest BCUT2D eigenvalue weighted by Crippen LogP contribution is 2.33. The van der Waals surface area contributed by atoms with Gasteiger partial charge in [-0.2, -0.15) is 9.97 Å². The number of aromatic nitrogens is 2. The van der Waals surface area contributed by atoms with Crippen molar-refractivity contribution in [3.05, 3.63) is 101 Å². The molecule has 2 heterocycles. The monoisotopic (exact) mass is 609 g/mol. The van der Waals surface area contributed by atoms with Gasteiger partial charge in [0.2, 0.25) is 11.9 Å². The maximum Gasteiger partial charge on any atom is 0.331 e. The molecular formula is C34H35F2N8O+. The number of carbonyl (C=O) groups is 1. The molecule has 230 valence electrons. The second kappa shape index (κ2) is 12.6. The first-order valence-electron chi connectivity index (χ1n) is 14.9. The third kappa shape index (κ3) is 6.50. The van der Waals surface area contributed by atoms with Gasteiger partial charge in [0.05, 0.1) is 29.2 Å². The lowest BCUT2D eigenvalue weighted by molar-refractivity contribution is -0.487. The van der Waals surface area contributed by atoms with Crippen LogP contribution in [-0.2, 0) is 11.3 Å². The summed E-state index contributed by atoms with van der Waals surface area (Å²) in [6, 6.07) is 17.3. The van der Waals surface area contributed by atoms with Gasteiger partial charge in [-0.1, -0.05) is 23.8 Å². The van der Waals surface area contributed by atoms with Gasteiger partial charge in [0.1, 0.15) is 17.3 Å². The molecule has 1 saturated carbocycles. The molecule has 6 rings (SSSR count). The van der Waals surface area contributed by atoms with E-state index in [1.807, 2.05) is 56.7 Å². The molecule has 1 fully saturated rings. The molecule has 9 nitrogen and oxygen atoms in total. The van der Waals surface area contributed by atoms with E-state index in [0.29, 0.717) is 28.9 Å². The molecule has 1 aliphatic carbocycles. The third-order valence-corrected chi connectivity index (χ3v) is 8.37. The van der Waals surface area contributed by atoms with Gasteiger partial charge in [0.15, 0.2) is 0 Å². The van der Waals surface area contributed by atoms with Gasteiger partial charge in [0, 0.05) is 47.0 Å². The second-order valence-corrected chi connectivity index (χ2v) is 11.8. The van der Waals surface area contributed by atoms with E-state index in [4.69, 9.17) is 10.7 Å². The zero-order chi connectivity index (χ0) is 31.7. The van der Waals surface area contributed by atoms with Crippen molar-refractivity contribution in [1.29, 1.82) is 0 Å². The number of aliphatic imine (C=N–C) groups is 2. The Bertz CT molecular complexity index is 1800. The van der Waals surface area contributed by atoms with Crippen molar-refractivity contribution in [2.75, 3.05) is 14.1 Å². The number of fused-ring (bicyclic) bond motifs is 3. The largest absolute Gasteiger partial charge is 0.369 e. The van der Waals surface area contributed by atoms with E-state index < -0.39 is 11.6 Å². The van der Waals surface area contributed by atoms with E-state index in [2.05, 4.69) is 25.2 Å². The average Bonchev–Trinajstić information content (AvgIpc) is 3.46. The van der Waals surface area contributed by atoms with Crippen molar-refractivity contribution in [2.24, 2.45) is 21.6 Å². The average molecular weight is 610 g/mol. The number of benzene rings is 3. The summed E-state index contributed by atoms with van der Waals surface area (Å²) in [6.07, 6.45) is 4.34. The lowest BCUT2D eigenvalue weighted by Crippen LogP contribution is -2.72. The van der Waals surface area contributed by atoms with E-state index in [-0.39, 0.29) is 35.6 Å². The van der Waals surface area contributed by atoms with Crippen LogP contribution in [0.4, 0.5) is 26.1 Å². The number of hydrogen-bond acceptors (Lipinski definition) is 6. The Labute approximate surface area is 260 Å². The van der Waals surface area contributed by atoms with Crippen LogP contribution in [0.15, 0.2) is 76.8 Å². The highest BCUT2D eigenvalue weighted by Gasteiger charge is 2.31. The zero-order valence-corrected chi connectivity index (χ0v) is 25.4. The van der Waals surface area contributed by atoms with E-state index in [9.17, 15) is 13.6 Å². The number of aryl methyl sites for hydroxylation is 1. The van der Waals surface area contributed by atoms with Crippen LogP contribution in [0.5, 0.6) is 0 Å². The first kappa shape index (κ1) is 30.2. The van der Waals surface area contributed by atoms with Gasteiger partial charge in [-0.05, 0) is 70.6 Å². The molecule has 2 aliphatic rings. The predicted molar refractivity (Wildman–Crippen MR) is 170 cm³/mol. The molecule has 0 bridgehead atoms. The van der Waals surface area contributed by atoms with Crippen LogP contribution in [0.2, 0.25) is 0 Å². The highest BCUT2D eigenvalue weighted by atomic mass is 19.1. The number of hydrogen-bond donors (Lipinski definition) is 3. The third-order valence-electron chi connectivity index (χ3n) is 8.37. The number of nitrogens with one attached hydrogen (secondary N) is 1. The van der Waals surface area contributed by atoms with Crippen molar-refractivity contribution in [3.63, 3.8) is 0 Å². The maximum atomic E-state index is 14.9. The van der Waals surface area contributed by atoms with Gasteiger partial charge < -0.3 is 10.6 Å². The second-order valence-electron chi connectivity index (χ2n) is 11.8. The fraction of sp³-hybridized carbons (Fsp3) is 0.265. The van der Waals surface area contributed by atoms with Crippen molar-refractivity contribution in [3.8, 4) is 11.3 Å². The smallest absolute Gasteiger partial charge is 0.331 e. The molecule has 45 heavy (non-hydrogen) atoms. The quantitative estimate of drug-likeness (QED) is 0.170. The summed E-state index contributed by atoms with van der Waals surface area (Å²) >= 11 is 0. The molecule has 1 aliphatic heterocycles. The predicted octanol–water partition coefficient (Wildman–Crippen LogP) is 4.40.